The van der Waals surface area contributed by atoms with Crippen LogP contribution >= 0.6 is 11.3 Å². The Labute approximate surface area is 234 Å². The highest BCUT2D eigenvalue weighted by Gasteiger charge is 2.19. The Hall–Kier alpha value is -4.44. The maximum absolute atomic E-state index is 12.7. The van der Waals surface area contributed by atoms with Crippen molar-refractivity contribution in [3.8, 4) is 33.3 Å². The van der Waals surface area contributed by atoms with Crippen LogP contribution in [-0.4, -0.2) is 41.0 Å². The van der Waals surface area contributed by atoms with E-state index in [0.29, 0.717) is 35.1 Å². The molecule has 7 rings (SSSR count). The number of rotatable bonds is 6. The summed E-state index contributed by atoms with van der Waals surface area (Å²) in [6, 6.07) is 11.9. The molecule has 1 amide bonds. The molecule has 200 valence electrons. The van der Waals surface area contributed by atoms with Gasteiger partial charge in [-0.15, -0.1) is 11.3 Å². The molecule has 6 aromatic rings. The zero-order valence-electron chi connectivity index (χ0n) is 22.1. The summed E-state index contributed by atoms with van der Waals surface area (Å²) >= 11 is 1.69. The number of hydrogen-bond acceptors (Lipinski definition) is 7. The lowest BCUT2D eigenvalue weighted by atomic mass is 9.87. The van der Waals surface area contributed by atoms with Crippen molar-refractivity contribution in [1.29, 1.82) is 0 Å². The molecule has 1 fully saturated rings. The quantitative estimate of drug-likeness (QED) is 0.208. The molecule has 0 bridgehead atoms. The van der Waals surface area contributed by atoms with E-state index in [1.54, 1.807) is 29.9 Å². The number of hydrogen-bond donors (Lipinski definition) is 3. The predicted molar refractivity (Wildman–Crippen MR) is 158 cm³/mol. The van der Waals surface area contributed by atoms with Crippen LogP contribution in [0.15, 0.2) is 55.0 Å². The molecule has 0 aliphatic heterocycles. The van der Waals surface area contributed by atoms with Crippen LogP contribution in [-0.2, 0) is 4.79 Å². The van der Waals surface area contributed by atoms with E-state index in [1.807, 2.05) is 24.3 Å². The van der Waals surface area contributed by atoms with E-state index < -0.39 is 0 Å². The Balaban J connectivity index is 1.19. The Kier molecular flexibility index (Phi) is 6.31. The number of nitrogens with zero attached hydrogens (tertiary/aromatic N) is 5. The van der Waals surface area contributed by atoms with Crippen LogP contribution in [0.3, 0.4) is 0 Å². The number of aromatic nitrogens is 7. The highest BCUT2D eigenvalue weighted by Crippen LogP contribution is 2.33. The van der Waals surface area contributed by atoms with Gasteiger partial charge in [-0.1, -0.05) is 19.3 Å². The third kappa shape index (κ3) is 4.75. The fourth-order valence-electron chi connectivity index (χ4n) is 5.53. The zero-order chi connectivity index (χ0) is 27.1. The second-order valence-electron chi connectivity index (χ2n) is 10.4. The van der Waals surface area contributed by atoms with Crippen LogP contribution in [0.1, 0.15) is 43.4 Å². The Morgan fingerprint density at radius 2 is 1.88 bits per heavy atom. The van der Waals surface area contributed by atoms with Gasteiger partial charge in [0, 0.05) is 29.3 Å². The lowest BCUT2D eigenvalue weighted by Gasteiger charge is -2.20. The summed E-state index contributed by atoms with van der Waals surface area (Å²) in [5, 5.41) is 10.7. The molecule has 0 radical (unpaired) electrons. The van der Waals surface area contributed by atoms with E-state index in [9.17, 15) is 4.79 Å². The number of carbonyl (C=O) groups excluding carboxylic acids is 1. The molecular weight excluding hydrogens is 520 g/mol. The maximum Gasteiger partial charge on any atom is 0.224 e. The molecule has 40 heavy (non-hydrogen) atoms. The van der Waals surface area contributed by atoms with Gasteiger partial charge in [0.1, 0.15) is 16.7 Å². The number of thiophene rings is 1. The van der Waals surface area contributed by atoms with Gasteiger partial charge >= 0.3 is 0 Å². The number of carbonyl (C=O) groups is 1. The van der Waals surface area contributed by atoms with Gasteiger partial charge in [-0.05, 0) is 62.1 Å². The minimum atomic E-state index is 0.0443. The first-order valence-electron chi connectivity index (χ1n) is 13.6. The summed E-state index contributed by atoms with van der Waals surface area (Å²) in [6.45, 7) is 2.08. The largest absolute Gasteiger partial charge is 0.336 e. The van der Waals surface area contributed by atoms with E-state index in [4.69, 9.17) is 9.97 Å². The first-order chi connectivity index (χ1) is 19.6. The topological polar surface area (TPSA) is 125 Å². The molecule has 6 aromatic heterocycles. The summed E-state index contributed by atoms with van der Waals surface area (Å²) in [5.41, 5.74) is 6.89. The van der Waals surface area contributed by atoms with Gasteiger partial charge in [-0.3, -0.25) is 19.9 Å². The molecule has 0 spiro atoms. The fourth-order valence-corrected chi connectivity index (χ4v) is 6.39. The predicted octanol–water partition coefficient (Wildman–Crippen LogP) is 6.90. The van der Waals surface area contributed by atoms with Crippen LogP contribution in [0.25, 0.3) is 55.4 Å². The molecule has 1 saturated carbocycles. The van der Waals surface area contributed by atoms with E-state index in [-0.39, 0.29) is 5.91 Å². The Morgan fingerprint density at radius 1 is 1.00 bits per heavy atom. The summed E-state index contributed by atoms with van der Waals surface area (Å²) < 4.78 is 0. The van der Waals surface area contributed by atoms with Crippen LogP contribution in [0.4, 0.5) is 5.69 Å². The number of aryl methyl sites for hydroxylation is 1. The highest BCUT2D eigenvalue weighted by molar-refractivity contribution is 7.15. The third-order valence-electron chi connectivity index (χ3n) is 7.52. The zero-order valence-corrected chi connectivity index (χ0v) is 22.9. The minimum absolute atomic E-state index is 0.0443. The number of nitrogens with one attached hydrogen (secondary N) is 3. The van der Waals surface area contributed by atoms with Crippen molar-refractivity contribution in [3.63, 3.8) is 0 Å². The number of H-pyrrole nitrogens is 2. The number of anilines is 1. The van der Waals surface area contributed by atoms with Gasteiger partial charge < -0.3 is 10.3 Å². The summed E-state index contributed by atoms with van der Waals surface area (Å²) in [5.74, 6) is 1.14. The van der Waals surface area contributed by atoms with Crippen molar-refractivity contribution < 1.29 is 4.79 Å². The molecule has 0 unspecified atom stereocenters. The average molecular weight is 549 g/mol. The number of amides is 1. The van der Waals surface area contributed by atoms with Crippen molar-refractivity contribution in [3.05, 3.63) is 59.9 Å². The molecule has 9 nitrogen and oxygen atoms in total. The maximum atomic E-state index is 12.7. The van der Waals surface area contributed by atoms with E-state index >= 15 is 0 Å². The summed E-state index contributed by atoms with van der Waals surface area (Å²) in [6.07, 6.45) is 11.8. The molecule has 6 heterocycles. The van der Waals surface area contributed by atoms with E-state index in [1.165, 1.54) is 24.1 Å². The van der Waals surface area contributed by atoms with Gasteiger partial charge in [0.2, 0.25) is 5.91 Å². The van der Waals surface area contributed by atoms with E-state index in [2.05, 4.69) is 49.5 Å². The summed E-state index contributed by atoms with van der Waals surface area (Å²) in [4.78, 5) is 37.2. The lowest BCUT2D eigenvalue weighted by molar-refractivity contribution is -0.117. The summed E-state index contributed by atoms with van der Waals surface area (Å²) in [7, 11) is 0. The SMILES string of the molecule is Cc1ccc(-c2nccc3[nH]c(-c4n[nH]c5ccc(-c6cncc(NC(=O)CC7CCCCC7)c6)nc45)nc23)s1. The fraction of sp³-hybridized carbons (Fsp3) is 0.267. The molecule has 10 heteroatoms. The number of pyridine rings is 3. The standard InChI is InChI=1S/C30H28N8OS/c1-17-7-10-24(40-17)28-26-22(11-12-32-28)35-30(36-26)29-27-23(37-38-29)9-8-21(34-27)19-14-20(16-31-15-19)33-25(39)13-18-5-3-2-4-6-18/h7-12,14-16,18H,2-6,13H2,1H3,(H,33,39)(H,35,36)(H,37,38). The second-order valence-corrected chi connectivity index (χ2v) is 11.7. The normalized spacial score (nSPS) is 14.2. The number of imidazole rings is 1. The number of fused-ring (bicyclic) bond motifs is 2. The van der Waals surface area contributed by atoms with Crippen molar-refractivity contribution in [2.75, 3.05) is 5.32 Å². The lowest BCUT2D eigenvalue weighted by Crippen LogP contribution is -2.18. The minimum Gasteiger partial charge on any atom is -0.336 e. The van der Waals surface area contributed by atoms with Crippen molar-refractivity contribution in [2.45, 2.75) is 45.4 Å². The Morgan fingerprint density at radius 3 is 2.73 bits per heavy atom. The van der Waals surface area contributed by atoms with E-state index in [0.717, 1.165) is 51.2 Å². The van der Waals surface area contributed by atoms with Crippen LogP contribution in [0, 0.1) is 12.8 Å². The number of aromatic amines is 2. The molecule has 1 aliphatic carbocycles. The van der Waals surface area contributed by atoms with Gasteiger partial charge in [-0.25, -0.2) is 9.97 Å². The van der Waals surface area contributed by atoms with Crippen molar-refractivity contribution in [2.24, 2.45) is 5.92 Å². The molecular formula is C30H28N8OS. The Bertz CT molecular complexity index is 1850. The van der Waals surface area contributed by atoms with Crippen LogP contribution in [0.2, 0.25) is 0 Å². The highest BCUT2D eigenvalue weighted by atomic mass is 32.1. The third-order valence-corrected chi connectivity index (χ3v) is 8.53. The molecule has 1 aliphatic rings. The van der Waals surface area contributed by atoms with Crippen molar-refractivity contribution in [1.82, 2.24) is 35.1 Å². The van der Waals surface area contributed by atoms with Crippen LogP contribution < -0.4 is 5.32 Å². The van der Waals surface area contributed by atoms with Crippen LogP contribution in [0.5, 0.6) is 0 Å². The van der Waals surface area contributed by atoms with Gasteiger partial charge in [0.05, 0.1) is 33.5 Å². The molecule has 3 N–H and O–H groups in total. The van der Waals surface area contributed by atoms with Gasteiger partial charge in [-0.2, -0.15) is 5.10 Å². The monoisotopic (exact) mass is 548 g/mol. The van der Waals surface area contributed by atoms with Gasteiger partial charge in [0.15, 0.2) is 11.5 Å². The smallest absolute Gasteiger partial charge is 0.224 e. The molecule has 0 saturated heterocycles. The average Bonchev–Trinajstić information content (AvgIpc) is 3.71. The second kappa shape index (κ2) is 10.3. The molecule has 0 aromatic carbocycles. The van der Waals surface area contributed by atoms with Crippen molar-refractivity contribution >= 4 is 45.0 Å². The first-order valence-corrected chi connectivity index (χ1v) is 14.4. The first kappa shape index (κ1) is 24.6. The molecule has 0 atom stereocenters. The van der Waals surface area contributed by atoms with Gasteiger partial charge in [0.25, 0.3) is 0 Å².